The molecule has 2 aromatic carbocycles. The average molecular weight is 403 g/mol. The Morgan fingerprint density at radius 1 is 1.04 bits per heavy atom. The van der Waals surface area contributed by atoms with Gasteiger partial charge in [-0.15, -0.1) is 0 Å². The molecular weight excluding hydrogens is 389 g/mol. The molecule has 0 aliphatic carbocycles. The molecule has 0 aliphatic heterocycles. The summed E-state index contributed by atoms with van der Waals surface area (Å²) in [5.41, 5.74) is 1.79. The fraction of sp³-hybridized carbons (Fsp3) is 0.143. The molecule has 1 aromatic heterocycles. The number of ether oxygens (including phenoxy) is 1. The number of nitrogens with zero attached hydrogens (tertiary/aromatic N) is 2. The van der Waals surface area contributed by atoms with Crippen LogP contribution in [0.15, 0.2) is 60.8 Å². The van der Waals surface area contributed by atoms with Crippen molar-refractivity contribution in [2.24, 2.45) is 0 Å². The highest BCUT2D eigenvalue weighted by Gasteiger charge is 2.31. The van der Waals surface area contributed by atoms with Gasteiger partial charge in [-0.25, -0.2) is 0 Å². The normalized spacial score (nSPS) is 11.1. The summed E-state index contributed by atoms with van der Waals surface area (Å²) in [6.45, 7) is 0.321. The van der Waals surface area contributed by atoms with E-state index in [1.807, 2.05) is 6.07 Å². The van der Waals surface area contributed by atoms with Crippen LogP contribution in [-0.4, -0.2) is 4.98 Å². The Bertz CT molecular complexity index is 1010. The highest BCUT2D eigenvalue weighted by atomic mass is 35.5. The monoisotopic (exact) mass is 402 g/mol. The molecule has 3 nitrogen and oxygen atoms in total. The van der Waals surface area contributed by atoms with Gasteiger partial charge in [-0.05, 0) is 41.5 Å². The number of rotatable bonds is 5. The van der Waals surface area contributed by atoms with E-state index in [0.29, 0.717) is 30.0 Å². The van der Waals surface area contributed by atoms with Crippen LogP contribution < -0.4 is 4.74 Å². The lowest BCUT2D eigenvalue weighted by atomic mass is 10.1. The Morgan fingerprint density at radius 3 is 2.43 bits per heavy atom. The zero-order valence-corrected chi connectivity index (χ0v) is 15.3. The van der Waals surface area contributed by atoms with Crippen molar-refractivity contribution in [2.45, 2.75) is 19.2 Å². The molecule has 0 saturated heterocycles. The van der Waals surface area contributed by atoms with Crippen molar-refractivity contribution in [3.63, 3.8) is 0 Å². The zero-order valence-electron chi connectivity index (χ0n) is 14.5. The van der Waals surface area contributed by atoms with Gasteiger partial charge >= 0.3 is 6.18 Å². The van der Waals surface area contributed by atoms with Gasteiger partial charge in [0, 0.05) is 12.6 Å². The van der Waals surface area contributed by atoms with Crippen LogP contribution in [0.1, 0.15) is 27.9 Å². The number of hydrogen-bond acceptors (Lipinski definition) is 3. The molecule has 3 aromatic rings. The Balaban J connectivity index is 1.64. The molecule has 0 spiro atoms. The van der Waals surface area contributed by atoms with Crippen molar-refractivity contribution in [3.8, 4) is 11.8 Å². The van der Waals surface area contributed by atoms with Crippen molar-refractivity contribution in [1.82, 2.24) is 4.98 Å². The van der Waals surface area contributed by atoms with Crippen molar-refractivity contribution >= 4 is 11.6 Å². The molecule has 0 saturated carbocycles. The highest BCUT2D eigenvalue weighted by Crippen LogP contribution is 2.31. The Morgan fingerprint density at radius 2 is 1.79 bits per heavy atom. The number of aromatic nitrogens is 1. The largest absolute Gasteiger partial charge is 0.489 e. The molecule has 0 unspecified atom stereocenters. The van der Waals surface area contributed by atoms with E-state index in [1.54, 1.807) is 42.5 Å². The number of benzene rings is 2. The first-order chi connectivity index (χ1) is 13.3. The molecule has 1 heterocycles. The maximum Gasteiger partial charge on any atom is 0.417 e. The minimum absolute atomic E-state index is 0.0208. The minimum atomic E-state index is -4.47. The van der Waals surface area contributed by atoms with E-state index in [0.717, 1.165) is 23.4 Å². The third kappa shape index (κ3) is 5.02. The summed E-state index contributed by atoms with van der Waals surface area (Å²) in [7, 11) is 0. The van der Waals surface area contributed by atoms with Crippen molar-refractivity contribution in [2.75, 3.05) is 0 Å². The van der Waals surface area contributed by atoms with Crippen molar-refractivity contribution < 1.29 is 17.9 Å². The minimum Gasteiger partial charge on any atom is -0.489 e. The molecule has 0 aliphatic rings. The van der Waals surface area contributed by atoms with E-state index in [4.69, 9.17) is 21.6 Å². The smallest absolute Gasteiger partial charge is 0.417 e. The molecule has 0 radical (unpaired) electrons. The summed E-state index contributed by atoms with van der Waals surface area (Å²) in [4.78, 5) is 3.85. The maximum absolute atomic E-state index is 12.7. The molecule has 0 fully saturated rings. The molecule has 142 valence electrons. The van der Waals surface area contributed by atoms with Crippen LogP contribution in [0.25, 0.3) is 0 Å². The van der Waals surface area contributed by atoms with Gasteiger partial charge in [-0.1, -0.05) is 35.9 Å². The van der Waals surface area contributed by atoms with Gasteiger partial charge in [-0.2, -0.15) is 18.4 Å². The number of hydrogen-bond donors (Lipinski definition) is 0. The second kappa shape index (κ2) is 8.32. The third-order valence-electron chi connectivity index (χ3n) is 4.00. The standard InChI is InChI=1S/C21H14ClF3N2O/c22-19-10-17(21(23,24)25)12-27-20(19)9-14-4-6-18(7-5-14)28-13-16-3-1-2-15(8-16)11-26/h1-8,10,12H,9,13H2. The van der Waals surface area contributed by atoms with E-state index in [9.17, 15) is 13.2 Å². The fourth-order valence-electron chi connectivity index (χ4n) is 2.55. The lowest BCUT2D eigenvalue weighted by molar-refractivity contribution is -0.137. The number of nitriles is 1. The first kappa shape index (κ1) is 19.7. The van der Waals surface area contributed by atoms with Crippen LogP contribution in [0.2, 0.25) is 5.02 Å². The van der Waals surface area contributed by atoms with Gasteiger partial charge in [0.2, 0.25) is 0 Å². The summed E-state index contributed by atoms with van der Waals surface area (Å²) < 4.78 is 43.7. The topological polar surface area (TPSA) is 45.9 Å². The number of alkyl halides is 3. The van der Waals surface area contributed by atoms with Crippen LogP contribution in [0.5, 0.6) is 5.75 Å². The fourth-order valence-corrected chi connectivity index (χ4v) is 2.78. The number of pyridine rings is 1. The maximum atomic E-state index is 12.7. The van der Waals surface area contributed by atoms with E-state index in [2.05, 4.69) is 11.1 Å². The molecular formula is C21H14ClF3N2O. The van der Waals surface area contributed by atoms with Crippen LogP contribution in [0.4, 0.5) is 13.2 Å². The predicted octanol–water partition coefficient (Wildman–Crippen LogP) is 5.80. The summed E-state index contributed by atoms with van der Waals surface area (Å²) in [6.07, 6.45) is -3.38. The zero-order chi connectivity index (χ0) is 20.1. The van der Waals surface area contributed by atoms with Crippen LogP contribution in [0.3, 0.4) is 0 Å². The van der Waals surface area contributed by atoms with Crippen LogP contribution in [-0.2, 0) is 19.2 Å². The first-order valence-corrected chi connectivity index (χ1v) is 8.65. The molecule has 3 rings (SSSR count). The molecule has 28 heavy (non-hydrogen) atoms. The van der Waals surface area contributed by atoms with Crippen molar-refractivity contribution in [1.29, 1.82) is 5.26 Å². The first-order valence-electron chi connectivity index (χ1n) is 8.27. The quantitative estimate of drug-likeness (QED) is 0.542. The third-order valence-corrected chi connectivity index (χ3v) is 4.33. The van der Waals surface area contributed by atoms with E-state index < -0.39 is 11.7 Å². The Kier molecular flexibility index (Phi) is 5.86. The summed E-state index contributed by atoms with van der Waals surface area (Å²) >= 11 is 5.95. The summed E-state index contributed by atoms with van der Waals surface area (Å²) in [5.74, 6) is 0.637. The predicted molar refractivity (Wildman–Crippen MR) is 99.0 cm³/mol. The molecule has 0 bridgehead atoms. The second-order valence-electron chi connectivity index (χ2n) is 6.07. The second-order valence-corrected chi connectivity index (χ2v) is 6.48. The Labute approximate surface area is 165 Å². The molecule has 0 amide bonds. The van der Waals surface area contributed by atoms with Gasteiger partial charge in [0.15, 0.2) is 0 Å². The lowest BCUT2D eigenvalue weighted by Gasteiger charge is -2.10. The molecule has 7 heteroatoms. The number of halogens is 4. The van der Waals surface area contributed by atoms with Crippen LogP contribution in [0, 0.1) is 11.3 Å². The van der Waals surface area contributed by atoms with E-state index in [-0.39, 0.29) is 5.02 Å². The van der Waals surface area contributed by atoms with E-state index >= 15 is 0 Å². The van der Waals surface area contributed by atoms with Crippen molar-refractivity contribution in [3.05, 3.63) is 93.8 Å². The Hall–Kier alpha value is -3.04. The highest BCUT2D eigenvalue weighted by molar-refractivity contribution is 6.31. The lowest BCUT2D eigenvalue weighted by Crippen LogP contribution is -2.06. The average Bonchev–Trinajstić information content (AvgIpc) is 2.68. The SMILES string of the molecule is N#Cc1cccc(COc2ccc(Cc3ncc(C(F)(F)F)cc3Cl)cc2)c1. The van der Waals surface area contributed by atoms with Gasteiger partial charge in [0.05, 0.1) is 27.9 Å². The van der Waals surface area contributed by atoms with Gasteiger partial charge in [0.25, 0.3) is 0 Å². The van der Waals surface area contributed by atoms with Crippen LogP contribution >= 0.6 is 11.6 Å². The molecule has 0 atom stereocenters. The van der Waals surface area contributed by atoms with Gasteiger partial charge in [-0.3, -0.25) is 4.98 Å². The van der Waals surface area contributed by atoms with Gasteiger partial charge in [0.1, 0.15) is 12.4 Å². The van der Waals surface area contributed by atoms with Gasteiger partial charge < -0.3 is 4.74 Å². The molecule has 0 N–H and O–H groups in total. The summed E-state index contributed by atoms with van der Waals surface area (Å²) in [6, 6.07) is 17.2. The van der Waals surface area contributed by atoms with E-state index in [1.165, 1.54) is 0 Å². The summed E-state index contributed by atoms with van der Waals surface area (Å²) in [5, 5.41) is 8.89.